The number of ether oxygens (including phenoxy) is 2. The zero-order valence-corrected chi connectivity index (χ0v) is 11.4. The van der Waals surface area contributed by atoms with E-state index in [1.54, 1.807) is 13.8 Å². The fourth-order valence-corrected chi connectivity index (χ4v) is 2.03. The smallest absolute Gasteiger partial charge is 0.319 e. The Morgan fingerprint density at radius 2 is 1.79 bits per heavy atom. The number of hydrogen-bond donors (Lipinski definition) is 0. The largest absolute Gasteiger partial charge is 0.465 e. The Hall–Kier alpha value is -1.72. The van der Waals surface area contributed by atoms with Gasteiger partial charge >= 0.3 is 11.9 Å². The fourth-order valence-electron chi connectivity index (χ4n) is 2.03. The molecule has 0 aromatic carbocycles. The van der Waals surface area contributed by atoms with E-state index in [9.17, 15) is 19.2 Å². The zero-order chi connectivity index (χ0) is 14.6. The van der Waals surface area contributed by atoms with E-state index in [-0.39, 0.29) is 26.1 Å². The Bertz CT molecular complexity index is 413. The van der Waals surface area contributed by atoms with E-state index in [4.69, 9.17) is 9.47 Å². The number of Topliss-reactive ketones (excluding diaryl/α,β-unsaturated/α-hetero) is 2. The summed E-state index contributed by atoms with van der Waals surface area (Å²) in [6.45, 7) is 4.91. The van der Waals surface area contributed by atoms with Crippen molar-refractivity contribution < 1.29 is 28.7 Å². The van der Waals surface area contributed by atoms with E-state index in [0.717, 1.165) is 0 Å². The van der Waals surface area contributed by atoms with Crippen LogP contribution in [0, 0.1) is 11.3 Å². The lowest BCUT2D eigenvalue weighted by molar-refractivity contribution is -0.168. The molecule has 2 unspecified atom stereocenters. The number of rotatable bonds is 4. The zero-order valence-electron chi connectivity index (χ0n) is 11.4. The molecule has 1 rings (SSSR count). The molecule has 0 aromatic heterocycles. The minimum Gasteiger partial charge on any atom is -0.465 e. The predicted molar refractivity (Wildman–Crippen MR) is 64.1 cm³/mol. The van der Waals surface area contributed by atoms with Crippen LogP contribution in [0.15, 0.2) is 0 Å². The predicted octanol–water partition coefficient (Wildman–Crippen LogP) is 0.667. The van der Waals surface area contributed by atoms with Gasteiger partial charge in [0.1, 0.15) is 17.1 Å². The summed E-state index contributed by atoms with van der Waals surface area (Å²) >= 11 is 0. The Labute approximate surface area is 111 Å². The topological polar surface area (TPSA) is 86.7 Å². The summed E-state index contributed by atoms with van der Waals surface area (Å²) in [6.07, 6.45) is -0.610. The molecule has 0 amide bonds. The van der Waals surface area contributed by atoms with Crippen LogP contribution in [0.5, 0.6) is 0 Å². The summed E-state index contributed by atoms with van der Waals surface area (Å²) in [5.74, 6) is -3.41. The normalized spacial score (nSPS) is 27.0. The van der Waals surface area contributed by atoms with Crippen molar-refractivity contribution in [2.24, 2.45) is 11.3 Å². The van der Waals surface area contributed by atoms with Crippen molar-refractivity contribution in [2.75, 3.05) is 13.2 Å². The maximum Gasteiger partial charge on any atom is 0.319 e. The SMILES string of the molecule is CCOC(=O)C1CC(=O)C(C)(C(=O)OCC)CC1=O. The molecule has 0 N–H and O–H groups in total. The van der Waals surface area contributed by atoms with Crippen molar-refractivity contribution >= 4 is 23.5 Å². The van der Waals surface area contributed by atoms with Gasteiger partial charge in [-0.3, -0.25) is 19.2 Å². The molecule has 0 aliphatic heterocycles. The molecule has 106 valence electrons. The van der Waals surface area contributed by atoms with Gasteiger partial charge in [0.05, 0.1) is 13.2 Å². The first-order valence-corrected chi connectivity index (χ1v) is 6.26. The molecule has 19 heavy (non-hydrogen) atoms. The highest BCUT2D eigenvalue weighted by Gasteiger charge is 2.51. The minimum atomic E-state index is -1.48. The first-order chi connectivity index (χ1) is 8.86. The summed E-state index contributed by atoms with van der Waals surface area (Å²) in [4.78, 5) is 47.3. The van der Waals surface area contributed by atoms with Gasteiger partial charge in [-0.25, -0.2) is 0 Å². The van der Waals surface area contributed by atoms with Crippen LogP contribution in [0.25, 0.3) is 0 Å². The molecule has 0 radical (unpaired) electrons. The van der Waals surface area contributed by atoms with E-state index in [1.165, 1.54) is 6.92 Å². The number of ketones is 2. The summed E-state index contributed by atoms with van der Waals surface area (Å²) < 4.78 is 9.57. The molecule has 0 heterocycles. The van der Waals surface area contributed by atoms with E-state index in [2.05, 4.69) is 0 Å². The first-order valence-electron chi connectivity index (χ1n) is 6.26. The van der Waals surface area contributed by atoms with Gasteiger partial charge in [0.25, 0.3) is 0 Å². The van der Waals surface area contributed by atoms with E-state index in [1.807, 2.05) is 0 Å². The van der Waals surface area contributed by atoms with Gasteiger partial charge in [-0.2, -0.15) is 0 Å². The molecule has 6 heteroatoms. The van der Waals surface area contributed by atoms with Crippen molar-refractivity contribution in [2.45, 2.75) is 33.6 Å². The molecule has 1 fully saturated rings. The van der Waals surface area contributed by atoms with Crippen LogP contribution in [0.2, 0.25) is 0 Å². The second-order valence-electron chi connectivity index (χ2n) is 4.63. The van der Waals surface area contributed by atoms with Gasteiger partial charge in [-0.05, 0) is 20.8 Å². The lowest BCUT2D eigenvalue weighted by Gasteiger charge is -2.31. The van der Waals surface area contributed by atoms with Crippen LogP contribution < -0.4 is 0 Å². The molecule has 6 nitrogen and oxygen atoms in total. The maximum absolute atomic E-state index is 12.0. The van der Waals surface area contributed by atoms with Crippen LogP contribution >= 0.6 is 0 Å². The average molecular weight is 270 g/mol. The lowest BCUT2D eigenvalue weighted by atomic mass is 9.70. The van der Waals surface area contributed by atoms with E-state index >= 15 is 0 Å². The van der Waals surface area contributed by atoms with Crippen molar-refractivity contribution in [3.63, 3.8) is 0 Å². The van der Waals surface area contributed by atoms with Crippen LogP contribution in [-0.2, 0) is 28.7 Å². The molecule has 0 aromatic rings. The summed E-state index contributed by atoms with van der Waals surface area (Å²) in [5.41, 5.74) is -1.48. The van der Waals surface area contributed by atoms with Gasteiger partial charge < -0.3 is 9.47 Å². The van der Waals surface area contributed by atoms with Crippen molar-refractivity contribution in [3.05, 3.63) is 0 Å². The monoisotopic (exact) mass is 270 g/mol. The third-order valence-electron chi connectivity index (χ3n) is 3.22. The van der Waals surface area contributed by atoms with Crippen LogP contribution in [0.1, 0.15) is 33.6 Å². The highest BCUT2D eigenvalue weighted by atomic mass is 16.5. The molecule has 2 atom stereocenters. The van der Waals surface area contributed by atoms with Gasteiger partial charge in [-0.15, -0.1) is 0 Å². The molecule has 1 aliphatic rings. The number of esters is 2. The molecule has 0 bridgehead atoms. The van der Waals surface area contributed by atoms with E-state index < -0.39 is 34.8 Å². The second kappa shape index (κ2) is 5.95. The Balaban J connectivity index is 2.87. The van der Waals surface area contributed by atoms with Gasteiger partial charge in [-0.1, -0.05) is 0 Å². The molecule has 0 spiro atoms. The van der Waals surface area contributed by atoms with Crippen LogP contribution in [0.3, 0.4) is 0 Å². The Morgan fingerprint density at radius 1 is 1.21 bits per heavy atom. The summed E-state index contributed by atoms with van der Waals surface area (Å²) in [6, 6.07) is 0. The molecule has 1 aliphatic carbocycles. The molecule has 0 saturated heterocycles. The van der Waals surface area contributed by atoms with Crippen LogP contribution in [-0.4, -0.2) is 36.7 Å². The fraction of sp³-hybridized carbons (Fsp3) is 0.692. The highest BCUT2D eigenvalue weighted by Crippen LogP contribution is 2.35. The van der Waals surface area contributed by atoms with Gasteiger partial charge in [0.15, 0.2) is 5.78 Å². The van der Waals surface area contributed by atoms with Crippen LogP contribution in [0.4, 0.5) is 0 Å². The van der Waals surface area contributed by atoms with Gasteiger partial charge in [0.2, 0.25) is 0 Å². The first kappa shape index (κ1) is 15.3. The van der Waals surface area contributed by atoms with Gasteiger partial charge in [0, 0.05) is 12.8 Å². The Morgan fingerprint density at radius 3 is 2.32 bits per heavy atom. The second-order valence-corrected chi connectivity index (χ2v) is 4.63. The quantitative estimate of drug-likeness (QED) is 0.551. The number of hydrogen-bond acceptors (Lipinski definition) is 6. The van der Waals surface area contributed by atoms with Crippen molar-refractivity contribution in [1.29, 1.82) is 0 Å². The number of carbonyl (C=O) groups is 4. The van der Waals surface area contributed by atoms with E-state index in [0.29, 0.717) is 0 Å². The standard InChI is InChI=1S/C13H18O6/c1-4-18-11(16)8-6-10(15)13(3,7-9(8)14)12(17)19-5-2/h8H,4-7H2,1-3H3. The highest BCUT2D eigenvalue weighted by molar-refractivity contribution is 6.15. The Kier molecular flexibility index (Phi) is 4.80. The van der Waals surface area contributed by atoms with Crippen molar-refractivity contribution in [3.8, 4) is 0 Å². The third-order valence-corrected chi connectivity index (χ3v) is 3.22. The lowest BCUT2D eigenvalue weighted by Crippen LogP contribution is -2.48. The average Bonchev–Trinajstić information content (AvgIpc) is 2.34. The minimum absolute atomic E-state index is 0.136. The third kappa shape index (κ3) is 3.00. The molecular formula is C13H18O6. The van der Waals surface area contributed by atoms with Crippen molar-refractivity contribution in [1.82, 2.24) is 0 Å². The molecule has 1 saturated carbocycles. The molecular weight excluding hydrogens is 252 g/mol. The summed E-state index contributed by atoms with van der Waals surface area (Å²) in [7, 11) is 0. The maximum atomic E-state index is 12.0. The summed E-state index contributed by atoms with van der Waals surface area (Å²) in [5, 5.41) is 0. The number of carbonyl (C=O) groups excluding carboxylic acids is 4.